The highest BCUT2D eigenvalue weighted by Gasteiger charge is 2.34. The lowest BCUT2D eigenvalue weighted by molar-refractivity contribution is -0.140. The van der Waals surface area contributed by atoms with Gasteiger partial charge in [-0.05, 0) is 60.7 Å². The molecule has 0 spiro atoms. The quantitative estimate of drug-likeness (QED) is 0.330. The molecule has 1 atom stereocenters. The van der Waals surface area contributed by atoms with Gasteiger partial charge in [0.15, 0.2) is 0 Å². The normalized spacial score (nSPS) is 14.3. The first-order chi connectivity index (χ1) is 20.0. The van der Waals surface area contributed by atoms with Gasteiger partial charge in [0, 0.05) is 19.0 Å². The molecule has 0 unspecified atom stereocenters. The molecule has 1 aliphatic carbocycles. The molecule has 10 heteroatoms. The molecule has 3 aromatic rings. The second-order valence-electron chi connectivity index (χ2n) is 10.8. The van der Waals surface area contributed by atoms with Gasteiger partial charge in [-0.3, -0.25) is 13.9 Å². The predicted octanol–water partition coefficient (Wildman–Crippen LogP) is 4.61. The zero-order chi connectivity index (χ0) is 30.3. The van der Waals surface area contributed by atoms with Gasteiger partial charge in [0.25, 0.3) is 0 Å². The largest absolute Gasteiger partial charge is 0.495 e. The molecule has 42 heavy (non-hydrogen) atoms. The number of halogens is 1. The molecule has 2 amide bonds. The molecular weight excluding hydrogens is 557 g/mol. The van der Waals surface area contributed by atoms with Crippen LogP contribution in [0.25, 0.3) is 0 Å². The third kappa shape index (κ3) is 8.09. The van der Waals surface area contributed by atoms with Crippen molar-refractivity contribution in [1.82, 2.24) is 10.2 Å². The van der Waals surface area contributed by atoms with Gasteiger partial charge in [-0.2, -0.15) is 0 Å². The molecule has 1 saturated carbocycles. The van der Waals surface area contributed by atoms with Crippen molar-refractivity contribution in [2.24, 2.45) is 0 Å². The van der Waals surface area contributed by atoms with Crippen LogP contribution in [0.4, 0.5) is 10.1 Å². The minimum Gasteiger partial charge on any atom is -0.495 e. The number of amides is 2. The van der Waals surface area contributed by atoms with Crippen molar-refractivity contribution in [3.63, 3.8) is 0 Å². The maximum Gasteiger partial charge on any atom is 0.244 e. The van der Waals surface area contributed by atoms with Crippen LogP contribution < -0.4 is 14.4 Å². The van der Waals surface area contributed by atoms with Crippen LogP contribution in [0.3, 0.4) is 0 Å². The summed E-state index contributed by atoms with van der Waals surface area (Å²) in [7, 11) is -2.51. The maximum atomic E-state index is 14.2. The van der Waals surface area contributed by atoms with Crippen LogP contribution in [0.5, 0.6) is 5.75 Å². The molecule has 3 aromatic carbocycles. The van der Waals surface area contributed by atoms with E-state index in [1.807, 2.05) is 37.3 Å². The standard InChI is InChI=1S/C32H38FN3O5S/c1-23-13-18-30(41-2)28(19-23)36(42(3,39)40)22-31(37)35(21-25-14-16-26(33)17-15-25)29(20-24-9-5-4-6-10-24)32(38)34-27-11-7-8-12-27/h4-6,9-10,13-19,27,29H,7-8,11-12,20-22H2,1-3H3,(H,34,38)/t29-/m0/s1. The van der Waals surface area contributed by atoms with Gasteiger partial charge < -0.3 is 15.0 Å². The van der Waals surface area contributed by atoms with E-state index >= 15 is 0 Å². The highest BCUT2D eigenvalue weighted by Crippen LogP contribution is 2.31. The third-order valence-electron chi connectivity index (χ3n) is 7.52. The number of nitrogens with one attached hydrogen (secondary N) is 1. The number of nitrogens with zero attached hydrogens (tertiary/aromatic N) is 2. The van der Waals surface area contributed by atoms with Crippen LogP contribution in [0, 0.1) is 12.7 Å². The van der Waals surface area contributed by atoms with Gasteiger partial charge in [-0.15, -0.1) is 0 Å². The van der Waals surface area contributed by atoms with Gasteiger partial charge in [0.2, 0.25) is 21.8 Å². The number of hydrogen-bond acceptors (Lipinski definition) is 5. The number of carbonyl (C=O) groups excluding carboxylic acids is 2. The first-order valence-electron chi connectivity index (χ1n) is 14.1. The number of methoxy groups -OCH3 is 1. The van der Waals surface area contributed by atoms with Crippen LogP contribution in [0.1, 0.15) is 42.4 Å². The van der Waals surface area contributed by atoms with Gasteiger partial charge in [-0.1, -0.05) is 61.4 Å². The molecule has 4 rings (SSSR count). The first kappa shape index (κ1) is 31.0. The summed E-state index contributed by atoms with van der Waals surface area (Å²) in [6.07, 6.45) is 5.03. The topological polar surface area (TPSA) is 96.0 Å². The molecule has 0 saturated heterocycles. The highest BCUT2D eigenvalue weighted by atomic mass is 32.2. The number of sulfonamides is 1. The lowest BCUT2D eigenvalue weighted by atomic mass is 10.0. The van der Waals surface area contributed by atoms with Crippen LogP contribution in [-0.2, 0) is 32.6 Å². The van der Waals surface area contributed by atoms with Gasteiger partial charge in [0.05, 0.1) is 19.1 Å². The van der Waals surface area contributed by atoms with Crippen molar-refractivity contribution >= 4 is 27.5 Å². The minimum absolute atomic E-state index is 0.0163. The van der Waals surface area contributed by atoms with E-state index < -0.39 is 34.3 Å². The molecule has 1 fully saturated rings. The van der Waals surface area contributed by atoms with Gasteiger partial charge in [-0.25, -0.2) is 12.8 Å². The highest BCUT2D eigenvalue weighted by molar-refractivity contribution is 7.92. The number of benzene rings is 3. The summed E-state index contributed by atoms with van der Waals surface area (Å²) in [6.45, 7) is 1.24. The zero-order valence-electron chi connectivity index (χ0n) is 24.3. The molecule has 0 radical (unpaired) electrons. The maximum absolute atomic E-state index is 14.2. The Morgan fingerprint density at radius 1 is 1.00 bits per heavy atom. The summed E-state index contributed by atoms with van der Waals surface area (Å²) < 4.78 is 46.3. The Balaban J connectivity index is 1.75. The number of carbonyl (C=O) groups is 2. The average molecular weight is 596 g/mol. The Bertz CT molecular complexity index is 1480. The predicted molar refractivity (Wildman–Crippen MR) is 161 cm³/mol. The minimum atomic E-state index is -3.94. The fourth-order valence-electron chi connectivity index (χ4n) is 5.30. The SMILES string of the molecule is COc1ccc(C)cc1N(CC(=O)N(Cc1ccc(F)cc1)[C@@H](Cc1ccccc1)C(=O)NC1CCCC1)S(C)(=O)=O. The molecule has 224 valence electrons. The first-order valence-corrected chi connectivity index (χ1v) is 15.9. The average Bonchev–Trinajstić information content (AvgIpc) is 3.47. The van der Waals surface area contributed by atoms with Crippen molar-refractivity contribution in [2.45, 2.75) is 57.7 Å². The van der Waals surface area contributed by atoms with Crippen LogP contribution in [0.2, 0.25) is 0 Å². The Morgan fingerprint density at radius 2 is 1.67 bits per heavy atom. The lowest BCUT2D eigenvalue weighted by Gasteiger charge is -2.34. The molecular formula is C32H38FN3O5S. The van der Waals surface area contributed by atoms with Crippen molar-refractivity contribution in [1.29, 1.82) is 0 Å². The molecule has 0 aromatic heterocycles. The monoisotopic (exact) mass is 595 g/mol. The van der Waals surface area contributed by atoms with Gasteiger partial charge in [0.1, 0.15) is 24.2 Å². The number of anilines is 1. The summed E-state index contributed by atoms with van der Waals surface area (Å²) in [5, 5.41) is 3.13. The fraction of sp³-hybridized carbons (Fsp3) is 0.375. The zero-order valence-corrected chi connectivity index (χ0v) is 25.1. The van der Waals surface area contributed by atoms with E-state index in [9.17, 15) is 22.4 Å². The summed E-state index contributed by atoms with van der Waals surface area (Å²) in [6, 6.07) is 19.2. The Morgan fingerprint density at radius 3 is 2.29 bits per heavy atom. The van der Waals surface area contributed by atoms with Crippen molar-refractivity contribution in [3.05, 3.63) is 95.3 Å². The Kier molecular flexibility index (Phi) is 10.2. The van der Waals surface area contributed by atoms with Gasteiger partial charge >= 0.3 is 0 Å². The van der Waals surface area contributed by atoms with E-state index in [-0.39, 0.29) is 30.6 Å². The van der Waals surface area contributed by atoms with Crippen molar-refractivity contribution in [2.75, 3.05) is 24.2 Å². The molecule has 1 aliphatic rings. The Labute approximate surface area is 247 Å². The Hall–Kier alpha value is -3.92. The van der Waals surface area contributed by atoms with E-state index in [4.69, 9.17) is 4.74 Å². The molecule has 1 N–H and O–H groups in total. The lowest BCUT2D eigenvalue weighted by Crippen LogP contribution is -2.54. The number of aryl methyl sites for hydroxylation is 1. The van der Waals surface area contributed by atoms with E-state index in [2.05, 4.69) is 5.32 Å². The van der Waals surface area contributed by atoms with E-state index in [0.717, 1.165) is 47.4 Å². The fourth-order valence-corrected chi connectivity index (χ4v) is 6.14. The summed E-state index contributed by atoms with van der Waals surface area (Å²) in [5.74, 6) is -1.01. The van der Waals surface area contributed by atoms with Crippen LogP contribution >= 0.6 is 0 Å². The number of rotatable bonds is 12. The number of ether oxygens (including phenoxy) is 1. The second-order valence-corrected chi connectivity index (χ2v) is 12.7. The summed E-state index contributed by atoms with van der Waals surface area (Å²) in [5.41, 5.74) is 2.47. The van der Waals surface area contributed by atoms with E-state index in [0.29, 0.717) is 11.3 Å². The molecule has 0 heterocycles. The number of hydrogen-bond donors (Lipinski definition) is 1. The third-order valence-corrected chi connectivity index (χ3v) is 8.65. The molecule has 8 nitrogen and oxygen atoms in total. The van der Waals surface area contributed by atoms with E-state index in [1.165, 1.54) is 24.1 Å². The van der Waals surface area contributed by atoms with Crippen molar-refractivity contribution in [3.8, 4) is 5.75 Å². The van der Waals surface area contributed by atoms with Crippen molar-refractivity contribution < 1.29 is 27.1 Å². The summed E-state index contributed by atoms with van der Waals surface area (Å²) in [4.78, 5) is 29.5. The molecule has 0 bridgehead atoms. The van der Waals surface area contributed by atoms with Crippen LogP contribution in [-0.4, -0.2) is 57.1 Å². The smallest absolute Gasteiger partial charge is 0.244 e. The molecule has 0 aliphatic heterocycles. The summed E-state index contributed by atoms with van der Waals surface area (Å²) >= 11 is 0. The van der Waals surface area contributed by atoms with E-state index in [1.54, 1.807) is 30.3 Å². The second kappa shape index (κ2) is 13.8. The van der Waals surface area contributed by atoms with Crippen LogP contribution in [0.15, 0.2) is 72.8 Å².